The number of esters is 1. The highest BCUT2D eigenvalue weighted by Crippen LogP contribution is 2.20. The minimum atomic E-state index is -0.311. The Bertz CT molecular complexity index is 509. The van der Waals surface area contributed by atoms with E-state index in [1.54, 1.807) is 24.3 Å². The average molecular weight is 227 g/mol. The van der Waals surface area contributed by atoms with Crippen molar-refractivity contribution in [1.82, 2.24) is 0 Å². The first-order chi connectivity index (χ1) is 8.25. The van der Waals surface area contributed by atoms with Gasteiger partial charge in [-0.2, -0.15) is 0 Å². The van der Waals surface area contributed by atoms with Crippen molar-refractivity contribution in [2.75, 3.05) is 5.73 Å². The van der Waals surface area contributed by atoms with Gasteiger partial charge in [-0.25, -0.2) is 0 Å². The van der Waals surface area contributed by atoms with Gasteiger partial charge in [0.15, 0.2) is 5.75 Å². The highest BCUT2D eigenvalue weighted by Gasteiger charge is 2.07. The predicted octanol–water partition coefficient (Wildman–Crippen LogP) is 2.42. The van der Waals surface area contributed by atoms with Crippen molar-refractivity contribution >= 4 is 11.7 Å². The molecule has 2 N–H and O–H groups in total. The summed E-state index contributed by atoms with van der Waals surface area (Å²) in [5.74, 6) is 0.0996. The molecular formula is C14H13NO2. The maximum Gasteiger partial charge on any atom is 0.315 e. The van der Waals surface area contributed by atoms with Crippen molar-refractivity contribution in [2.24, 2.45) is 0 Å². The molecule has 0 amide bonds. The summed E-state index contributed by atoms with van der Waals surface area (Å²) in [4.78, 5) is 11.7. The normalized spacial score (nSPS) is 9.88. The van der Waals surface area contributed by atoms with Crippen LogP contribution in [0, 0.1) is 0 Å². The Hall–Kier alpha value is -2.29. The van der Waals surface area contributed by atoms with Crippen LogP contribution in [0.1, 0.15) is 5.56 Å². The van der Waals surface area contributed by atoms with Crippen LogP contribution < -0.4 is 10.5 Å². The van der Waals surface area contributed by atoms with Crippen LogP contribution in [0.3, 0.4) is 0 Å². The van der Waals surface area contributed by atoms with Crippen LogP contribution in [0.5, 0.6) is 5.75 Å². The summed E-state index contributed by atoms with van der Waals surface area (Å²) in [5, 5.41) is 0. The number of anilines is 1. The van der Waals surface area contributed by atoms with Crippen molar-refractivity contribution < 1.29 is 9.53 Å². The molecule has 0 aromatic heterocycles. The Morgan fingerprint density at radius 1 is 1.00 bits per heavy atom. The number of carbonyl (C=O) groups is 1. The van der Waals surface area contributed by atoms with Crippen molar-refractivity contribution in [3.8, 4) is 5.75 Å². The lowest BCUT2D eigenvalue weighted by Crippen LogP contribution is -2.12. The standard InChI is InChI=1S/C14H13NO2/c15-12-8-4-5-9-13(12)17-14(16)10-11-6-2-1-3-7-11/h1-9H,10,15H2. The van der Waals surface area contributed by atoms with E-state index in [0.717, 1.165) is 5.56 Å². The fourth-order valence-electron chi connectivity index (χ4n) is 1.49. The summed E-state index contributed by atoms with van der Waals surface area (Å²) < 4.78 is 5.19. The molecule has 2 aromatic rings. The predicted molar refractivity (Wildman–Crippen MR) is 66.6 cm³/mol. The molecule has 0 saturated heterocycles. The first-order valence-electron chi connectivity index (χ1n) is 5.35. The van der Waals surface area contributed by atoms with Crippen LogP contribution in [-0.2, 0) is 11.2 Å². The van der Waals surface area contributed by atoms with Gasteiger partial charge < -0.3 is 10.5 Å². The smallest absolute Gasteiger partial charge is 0.315 e. The van der Waals surface area contributed by atoms with Gasteiger partial charge in [0.1, 0.15) is 0 Å². The lowest BCUT2D eigenvalue weighted by atomic mass is 10.1. The Morgan fingerprint density at radius 3 is 2.35 bits per heavy atom. The van der Waals surface area contributed by atoms with Crippen molar-refractivity contribution in [2.45, 2.75) is 6.42 Å². The lowest BCUT2D eigenvalue weighted by molar-refractivity contribution is -0.133. The summed E-state index contributed by atoms with van der Waals surface area (Å²) in [7, 11) is 0. The number of nitrogens with two attached hydrogens (primary N) is 1. The van der Waals surface area contributed by atoms with Gasteiger partial charge in [0.2, 0.25) is 0 Å². The maximum absolute atomic E-state index is 11.7. The molecule has 2 rings (SSSR count). The molecular weight excluding hydrogens is 214 g/mol. The lowest BCUT2D eigenvalue weighted by Gasteiger charge is -2.06. The van der Waals surface area contributed by atoms with Crippen LogP contribution in [0.25, 0.3) is 0 Å². The molecule has 0 unspecified atom stereocenters. The zero-order valence-corrected chi connectivity index (χ0v) is 9.30. The largest absolute Gasteiger partial charge is 0.424 e. The number of nitrogen functional groups attached to an aromatic ring is 1. The molecule has 0 fully saturated rings. The molecule has 0 radical (unpaired) electrons. The van der Waals surface area contributed by atoms with Gasteiger partial charge in [0.05, 0.1) is 12.1 Å². The average Bonchev–Trinajstić information content (AvgIpc) is 2.33. The van der Waals surface area contributed by atoms with Crippen molar-refractivity contribution in [3.63, 3.8) is 0 Å². The number of carbonyl (C=O) groups excluding carboxylic acids is 1. The first-order valence-corrected chi connectivity index (χ1v) is 5.35. The number of para-hydroxylation sites is 2. The third-order valence-electron chi connectivity index (χ3n) is 2.33. The molecule has 0 bridgehead atoms. The van der Waals surface area contributed by atoms with Crippen LogP contribution in [0.4, 0.5) is 5.69 Å². The monoisotopic (exact) mass is 227 g/mol. The fourth-order valence-corrected chi connectivity index (χ4v) is 1.49. The van der Waals surface area contributed by atoms with E-state index in [1.165, 1.54) is 0 Å². The van der Waals surface area contributed by atoms with Crippen LogP contribution >= 0.6 is 0 Å². The second-order valence-corrected chi connectivity index (χ2v) is 3.67. The molecule has 0 spiro atoms. The second-order valence-electron chi connectivity index (χ2n) is 3.67. The van der Waals surface area contributed by atoms with E-state index < -0.39 is 0 Å². The number of hydrogen-bond acceptors (Lipinski definition) is 3. The van der Waals surface area contributed by atoms with E-state index in [4.69, 9.17) is 10.5 Å². The van der Waals surface area contributed by atoms with E-state index >= 15 is 0 Å². The zero-order valence-electron chi connectivity index (χ0n) is 9.30. The molecule has 17 heavy (non-hydrogen) atoms. The molecule has 0 aliphatic heterocycles. The van der Waals surface area contributed by atoms with Gasteiger partial charge in [-0.15, -0.1) is 0 Å². The zero-order chi connectivity index (χ0) is 12.1. The number of ether oxygens (including phenoxy) is 1. The summed E-state index contributed by atoms with van der Waals surface area (Å²) >= 11 is 0. The van der Waals surface area contributed by atoms with Gasteiger partial charge in [-0.05, 0) is 17.7 Å². The molecule has 2 aromatic carbocycles. The summed E-state index contributed by atoms with van der Waals surface area (Å²) in [6.07, 6.45) is 0.245. The van der Waals surface area contributed by atoms with Gasteiger partial charge in [0, 0.05) is 0 Å². The molecule has 0 aliphatic carbocycles. The topological polar surface area (TPSA) is 52.3 Å². The summed E-state index contributed by atoms with van der Waals surface area (Å²) in [6, 6.07) is 16.4. The highest BCUT2D eigenvalue weighted by molar-refractivity contribution is 5.76. The molecule has 86 valence electrons. The molecule has 3 nitrogen and oxygen atoms in total. The third-order valence-corrected chi connectivity index (χ3v) is 2.33. The Kier molecular flexibility index (Phi) is 3.40. The minimum Gasteiger partial charge on any atom is -0.424 e. The minimum absolute atomic E-state index is 0.245. The van der Waals surface area contributed by atoms with Gasteiger partial charge in [-0.1, -0.05) is 42.5 Å². The Labute approximate surface area is 99.8 Å². The van der Waals surface area contributed by atoms with E-state index in [2.05, 4.69) is 0 Å². The Balaban J connectivity index is 2.01. The maximum atomic E-state index is 11.7. The third kappa shape index (κ3) is 3.08. The van der Waals surface area contributed by atoms with E-state index in [0.29, 0.717) is 11.4 Å². The SMILES string of the molecule is Nc1ccccc1OC(=O)Cc1ccccc1. The van der Waals surface area contributed by atoms with E-state index in [-0.39, 0.29) is 12.4 Å². The quantitative estimate of drug-likeness (QED) is 0.497. The fraction of sp³-hybridized carbons (Fsp3) is 0.0714. The molecule has 0 saturated carbocycles. The molecule has 0 aliphatic rings. The second kappa shape index (κ2) is 5.16. The van der Waals surface area contributed by atoms with Crippen LogP contribution in [0.2, 0.25) is 0 Å². The van der Waals surface area contributed by atoms with Gasteiger partial charge in [-0.3, -0.25) is 4.79 Å². The Morgan fingerprint density at radius 2 is 1.65 bits per heavy atom. The van der Waals surface area contributed by atoms with Gasteiger partial charge >= 0.3 is 5.97 Å². The number of benzene rings is 2. The van der Waals surface area contributed by atoms with Crippen LogP contribution in [-0.4, -0.2) is 5.97 Å². The number of hydrogen-bond donors (Lipinski definition) is 1. The van der Waals surface area contributed by atoms with Gasteiger partial charge in [0.25, 0.3) is 0 Å². The van der Waals surface area contributed by atoms with Crippen molar-refractivity contribution in [3.05, 3.63) is 60.2 Å². The molecule has 3 heteroatoms. The first kappa shape index (κ1) is 11.2. The molecule has 0 heterocycles. The highest BCUT2D eigenvalue weighted by atomic mass is 16.5. The summed E-state index contributed by atoms with van der Waals surface area (Å²) in [5.41, 5.74) is 7.07. The van der Waals surface area contributed by atoms with Crippen molar-refractivity contribution in [1.29, 1.82) is 0 Å². The van der Waals surface area contributed by atoms with Crippen LogP contribution in [0.15, 0.2) is 54.6 Å². The van der Waals surface area contributed by atoms with E-state index in [1.807, 2.05) is 30.3 Å². The number of rotatable bonds is 3. The van der Waals surface area contributed by atoms with E-state index in [9.17, 15) is 4.79 Å². The summed E-state index contributed by atoms with van der Waals surface area (Å²) in [6.45, 7) is 0. The molecule has 0 atom stereocenters.